The van der Waals surface area contributed by atoms with E-state index in [1.54, 1.807) is 21.1 Å². The summed E-state index contributed by atoms with van der Waals surface area (Å²) in [5.74, 6) is -0.410. The van der Waals surface area contributed by atoms with Crippen molar-refractivity contribution in [2.75, 3.05) is 137 Å². The summed E-state index contributed by atoms with van der Waals surface area (Å²) in [6.07, 6.45) is 16.9. The van der Waals surface area contributed by atoms with Crippen LogP contribution < -0.4 is 81.2 Å². The van der Waals surface area contributed by atoms with E-state index in [-0.39, 0.29) is 178 Å². The third-order valence-electron chi connectivity index (χ3n) is 14.7. The Labute approximate surface area is 723 Å². The number of amides is 12. The van der Waals surface area contributed by atoms with Crippen LogP contribution in [-0.4, -0.2) is 327 Å². The van der Waals surface area contributed by atoms with Crippen LogP contribution in [0.2, 0.25) is 0 Å². The minimum Gasteiger partial charge on any atom is -0.481 e. The van der Waals surface area contributed by atoms with Gasteiger partial charge in [0.25, 0.3) is 11.9 Å². The summed E-state index contributed by atoms with van der Waals surface area (Å²) in [6.45, 7) is 13.9. The second-order valence-corrected chi connectivity index (χ2v) is 25.8. The molecule has 43 nitrogen and oxygen atoms in total. The molecule has 0 spiro atoms. The second kappa shape index (κ2) is 106. The number of hydrogen-bond donors (Lipinski definition) is 20. The molecule has 43 heteroatoms. The van der Waals surface area contributed by atoms with Crippen molar-refractivity contribution in [1.29, 1.82) is 0 Å². The monoisotopic (exact) mass is 1780 g/mol. The number of likely N-dealkylation sites (N-methyl/N-ethyl adjacent to an activating group) is 7. The molecule has 0 bridgehead atoms. The number of carboxylic acid groups (broad SMARTS) is 5. The first kappa shape index (κ1) is 146. The Morgan fingerprint density at radius 3 is 0.851 bits per heavy atom. The molecule has 0 aromatic rings. The highest BCUT2D eigenvalue weighted by atomic mass is 16.5. The molecule has 0 fully saturated rings. The smallest absolute Gasteiger partial charge is 0.307 e. The number of unbranched alkanes of at least 4 members (excludes halogenated alkanes) is 6. The average molecular weight is 1780 g/mol. The standard InChI is InChI=1S/C12H23N3O4.C12H24N2O3.C11H21N3O4.2C11H23N3O2.C9H19N3O3.C2H5NO.2C2H4O2.CH3NO.5CH4/c1-15(2)10(5-3-4-7-13-9-16)12(19)14-8-6-11(17)18;1-5-6-7-10(14(2)3)12(16)13-9-8-11(15)17-4;1-12-9(4-2-3-6-13-8-15)11(18)14-7-5-10(16)17;2*1-9(15)13-8-6-5-7-10(14(3)4)11(16)12-2;1-2-3-4-7(12-10)9(15)11-6-5-8(13)14;3*1-2(3)4;2-1-3;;;;;/h9-10H,3-8H2,1-2H3,(H,13,16)(H,14,19)(H,17,18);10H,5-9H2,1-4H3,(H,13,16);8-9,12H,2-7H2,1H3,(H,13,15)(H,14,18)(H,16,17);2*10H,5-8H2,1-4H3,(H,12,16)(H,13,15);7,12H,2-6,10H2,1H3,(H,11,15)(H,13,14);1H3,(H2,3,4);2*1H3,(H,3,4);1H,(H2,2,3);5*1H4/i8+1,9+1,14+1;1+1;1+1,8+1;1+1,2+1,14+1;1+1,2+1,13+1;1+1,10+1;3+1;2*1+1;1+1,2+1;5*1+1. The molecule has 12 amide bonds. The Morgan fingerprint density at radius 2 is 0.612 bits per heavy atom. The zero-order valence-electron chi connectivity index (χ0n) is 72.4. The highest BCUT2D eigenvalue weighted by Gasteiger charge is 2.23. The maximum Gasteiger partial charge on any atom is 0.307 e. The number of carbonyl (C=O) groups is 18. The highest BCUT2D eigenvalue weighted by Crippen LogP contribution is 2.10. The lowest BCUT2D eigenvalue weighted by Crippen LogP contribution is -2.47. The molecule has 23 N–H and O–H groups in total. The number of primary amides is 2. The van der Waals surface area contributed by atoms with Gasteiger partial charge in [0, 0.05) is 101 Å². The molecule has 0 aromatic heterocycles. The van der Waals surface area contributed by atoms with E-state index in [4.69, 9.17) is 45.8 Å². The van der Waals surface area contributed by atoms with Gasteiger partial charge >= 0.3 is 23.9 Å². The van der Waals surface area contributed by atoms with E-state index in [1.165, 1.54) is 27.9 Å². The van der Waals surface area contributed by atoms with Gasteiger partial charge in [0.05, 0.1) is 69.0 Å². The van der Waals surface area contributed by atoms with Gasteiger partial charge < -0.3 is 100 Å². The maximum absolute atomic E-state index is 11.9. The molecule has 0 saturated carbocycles. The summed E-state index contributed by atoms with van der Waals surface area (Å²) >= 11 is 0. The number of carbonyl (C=O) groups excluding carboxylic acids is 13. The van der Waals surface area contributed by atoms with Crippen molar-refractivity contribution in [2.24, 2.45) is 17.3 Å². The van der Waals surface area contributed by atoms with Gasteiger partial charge in [-0.3, -0.25) is 112 Å². The van der Waals surface area contributed by atoms with Crippen LogP contribution in [0.4, 0.5) is 0 Å². The van der Waals surface area contributed by atoms with Crippen LogP contribution in [0.1, 0.15) is 227 Å². The molecule has 0 heterocycles. The van der Waals surface area contributed by atoms with Crippen LogP contribution in [0.15, 0.2) is 0 Å². The zero-order valence-corrected chi connectivity index (χ0v) is 72.4. The van der Waals surface area contributed by atoms with E-state index in [1.807, 2.05) is 82.9 Å². The normalized spacial score (nSPS) is 10.8. The summed E-state index contributed by atoms with van der Waals surface area (Å²) < 4.78 is 4.50. The minimum atomic E-state index is -0.934. The maximum atomic E-state index is 11.9. The van der Waals surface area contributed by atoms with Crippen LogP contribution in [0.5, 0.6) is 0 Å². The zero-order chi connectivity index (χ0) is 92.0. The first-order valence-electron chi connectivity index (χ1n) is 38.0. The van der Waals surface area contributed by atoms with Crippen molar-refractivity contribution in [1.82, 2.24) is 83.5 Å². The summed E-state index contributed by atoms with van der Waals surface area (Å²) in [5.41, 5.74) is 11.1. The first-order valence-corrected chi connectivity index (χ1v) is 38.0. The molecule has 121 heavy (non-hydrogen) atoms. The quantitative estimate of drug-likeness (QED) is 0.00761. The van der Waals surface area contributed by atoms with Crippen molar-refractivity contribution in [3.63, 3.8) is 0 Å². The van der Waals surface area contributed by atoms with Crippen molar-refractivity contribution < 1.29 is 117 Å². The molecule has 0 radical (unpaired) electrons. The van der Waals surface area contributed by atoms with Crippen LogP contribution in [-0.2, 0) is 91.0 Å². The summed E-state index contributed by atoms with van der Waals surface area (Å²) in [4.78, 5) is 196. The number of nitrogens with two attached hydrogens (primary N) is 3. The molecule has 0 aliphatic rings. The molecule has 0 aromatic carbocycles. The molecule has 720 valence electrons. The number of hydrogen-bond acceptors (Lipinski definition) is 26. The molecule has 0 rings (SSSR count). The second-order valence-electron chi connectivity index (χ2n) is 25.8. The fourth-order valence-corrected chi connectivity index (χ4v) is 8.79. The van der Waals surface area contributed by atoms with Crippen LogP contribution in [0.3, 0.4) is 0 Å². The largest absolute Gasteiger partial charge is 0.481 e. The number of ether oxygens (including phenoxy) is 1. The number of hydrazine groups is 1. The van der Waals surface area contributed by atoms with E-state index in [0.29, 0.717) is 64.8 Å². The van der Waals surface area contributed by atoms with E-state index in [2.05, 4.69) is 87.0 Å². The van der Waals surface area contributed by atoms with Crippen molar-refractivity contribution in [3.05, 3.63) is 0 Å². The topological polar surface area (TPSA) is 653 Å². The van der Waals surface area contributed by atoms with Crippen molar-refractivity contribution >= 4 is 108 Å². The van der Waals surface area contributed by atoms with E-state index < -0.39 is 35.9 Å². The molecule has 6 atom stereocenters. The Kier molecular flexibility index (Phi) is 128. The molecular formula is C78H169N19O24. The fourth-order valence-electron chi connectivity index (χ4n) is 8.79. The third kappa shape index (κ3) is 123. The van der Waals surface area contributed by atoms with Gasteiger partial charge in [-0.25, -0.2) is 5.43 Å². The number of aliphatic carboxylic acids is 5. The number of methoxy groups -OCH3 is 1. The summed E-state index contributed by atoms with van der Waals surface area (Å²) in [7, 11) is 21.3. The Bertz CT molecular complexity index is 2550. The predicted molar refractivity (Wildman–Crippen MR) is 473 cm³/mol. The van der Waals surface area contributed by atoms with Gasteiger partial charge in [-0.2, -0.15) is 0 Å². The lowest BCUT2D eigenvalue weighted by atomic mass is 10.1. The lowest BCUT2D eigenvalue weighted by molar-refractivity contribution is -0.141. The summed E-state index contributed by atoms with van der Waals surface area (Å²) in [6, 6.07) is -1.31. The van der Waals surface area contributed by atoms with Gasteiger partial charge in [0.1, 0.15) is 0 Å². The average Bonchev–Trinajstić information content (AvgIpc) is 0.933. The number of nitrogens with zero attached hydrogens (tertiary/aromatic N) is 4. The van der Waals surface area contributed by atoms with Crippen LogP contribution in [0.25, 0.3) is 0 Å². The van der Waals surface area contributed by atoms with Crippen molar-refractivity contribution in [3.8, 4) is 0 Å². The van der Waals surface area contributed by atoms with E-state index in [0.717, 1.165) is 110 Å². The molecule has 0 saturated heterocycles. The number of nitrogens with one attached hydrogen (secondary N) is 12. The Morgan fingerprint density at radius 1 is 0.372 bits per heavy atom. The molecule has 0 aliphatic heterocycles. The Balaban J connectivity index is -0.0000000821. The molecular weight excluding hydrogens is 1610 g/mol. The van der Waals surface area contributed by atoms with Crippen LogP contribution >= 0.6 is 0 Å². The third-order valence-corrected chi connectivity index (χ3v) is 14.7. The van der Waals surface area contributed by atoms with E-state index >= 15 is 0 Å². The van der Waals surface area contributed by atoms with Gasteiger partial charge in [0.2, 0.25) is 72.4 Å². The minimum absolute atomic E-state index is 0. The molecule has 6 unspecified atom stereocenters. The van der Waals surface area contributed by atoms with Gasteiger partial charge in [-0.15, -0.1) is 0 Å². The SMILES string of the molecule is CC([15NH2])=O.CN(C)C(CCCCN[13CH]=O)C(=O)[15NH][13CH2]CC(=O)O.CN(C)C(CCCC[15NH]C([13CH3])=O)C(=O)N[13CH3].COC(=O)CCNC(=O)C(CCC[13CH3])N(C)C.C[15N](C)C(CCCCNC([13CH3])=O)C(=O)N[13CH3].[13CH3]C(=O)O.[13CH3]C(=O)O.[13CH3]CCCC(N[15NH2])C(=O)NCCC(=O)O.[13CH3]NC(CCCCN[13CH]=O)C(=O)NCCC(=O)O.[13CH4].[13CH4].[13CH4].[13CH4].[13CH4].[15NH2][13CH]=O. The predicted octanol–water partition coefficient (Wildman–Crippen LogP) is 0.784. The highest BCUT2D eigenvalue weighted by molar-refractivity contribution is 5.84. The fraction of sp³-hybridized carbons (Fsp3) is 0.769. The number of carboxylic acids is 5. The van der Waals surface area contributed by atoms with E-state index in [9.17, 15) is 71.9 Å². The van der Waals surface area contributed by atoms with Gasteiger partial charge in [-0.05, 0) is 153 Å². The van der Waals surface area contributed by atoms with Crippen LogP contribution in [0, 0.1) is 0 Å². The molecule has 0 aliphatic carbocycles. The number of esters is 1. The van der Waals surface area contributed by atoms with Crippen molar-refractivity contribution in [2.45, 2.75) is 263 Å². The Hall–Kier alpha value is -9.82. The first-order chi connectivity index (χ1) is 54.3. The number of rotatable bonds is 52. The van der Waals surface area contributed by atoms with Gasteiger partial charge in [0.15, 0.2) is 0 Å². The lowest BCUT2D eigenvalue weighted by Gasteiger charge is -2.23. The van der Waals surface area contributed by atoms with Gasteiger partial charge in [-0.1, -0.05) is 76.7 Å². The summed E-state index contributed by atoms with van der Waals surface area (Å²) in [5, 5.41) is 69.4.